The summed E-state index contributed by atoms with van der Waals surface area (Å²) in [4.78, 5) is 37.0. The fraction of sp³-hybridized carbons (Fsp3) is 0.344. The first-order valence-corrected chi connectivity index (χ1v) is 15.2. The van der Waals surface area contributed by atoms with Crippen molar-refractivity contribution in [3.63, 3.8) is 0 Å². The maximum atomic E-state index is 12.7. The van der Waals surface area contributed by atoms with Crippen LogP contribution in [0.2, 0.25) is 0 Å². The Balaban J connectivity index is 1.02. The van der Waals surface area contributed by atoms with Crippen molar-refractivity contribution in [2.45, 2.75) is 65.3 Å². The molecule has 0 bridgehead atoms. The fourth-order valence-electron chi connectivity index (χ4n) is 4.82. The molecular weight excluding hydrogens is 548 g/mol. The highest BCUT2D eigenvalue weighted by molar-refractivity contribution is 7.15. The zero-order valence-corrected chi connectivity index (χ0v) is 25.0. The van der Waals surface area contributed by atoms with Crippen LogP contribution in [0.5, 0.6) is 0 Å². The van der Waals surface area contributed by atoms with E-state index in [9.17, 15) is 14.4 Å². The van der Waals surface area contributed by atoms with E-state index in [4.69, 9.17) is 0 Å². The van der Waals surface area contributed by atoms with Gasteiger partial charge in [0.25, 0.3) is 0 Å². The normalized spacial score (nSPS) is 12.2. The van der Waals surface area contributed by atoms with Crippen LogP contribution in [-0.4, -0.2) is 32.5 Å². The summed E-state index contributed by atoms with van der Waals surface area (Å²) in [6.45, 7) is 5.69. The molecule has 2 aliphatic rings. The van der Waals surface area contributed by atoms with Crippen LogP contribution in [0.1, 0.15) is 67.0 Å². The van der Waals surface area contributed by atoms with Gasteiger partial charge < -0.3 is 16.0 Å². The van der Waals surface area contributed by atoms with Gasteiger partial charge >= 0.3 is 0 Å². The quantitative estimate of drug-likeness (QED) is 0.151. The summed E-state index contributed by atoms with van der Waals surface area (Å²) >= 11 is 1.42. The predicted octanol–water partition coefficient (Wildman–Crippen LogP) is 5.40. The van der Waals surface area contributed by atoms with E-state index < -0.39 is 0 Å². The summed E-state index contributed by atoms with van der Waals surface area (Å²) in [5.41, 5.74) is 5.30. The smallest absolute Gasteiger partial charge is 0.230 e. The lowest BCUT2D eigenvalue weighted by Crippen LogP contribution is -2.30. The average Bonchev–Trinajstić information content (AvgIpc) is 3.27. The second kappa shape index (κ2) is 13.1. The number of unbranched alkanes of at least 4 members (excludes halogenated alkanes) is 1. The van der Waals surface area contributed by atoms with Gasteiger partial charge in [0.2, 0.25) is 22.9 Å². The SMILES string of the molecule is CC(C)C(=O)NC(C)c1cccc(CC(=O)Nc2cc3c(CCCCc4nnc(NC(=O)Cc5ccccc5)s4)n2-3)c1. The summed E-state index contributed by atoms with van der Waals surface area (Å²) in [5, 5.41) is 18.6. The minimum absolute atomic E-state index is 0.00892. The molecule has 0 radical (unpaired) electrons. The van der Waals surface area contributed by atoms with Crippen molar-refractivity contribution in [3.05, 3.63) is 88.1 Å². The molecule has 3 N–H and O–H groups in total. The molecule has 0 aliphatic carbocycles. The standard InChI is InChI=1S/C32H36N6O3S/c1-20(2)31(41)33-21(3)24-13-9-12-23(16-24)18-28(39)34-27-19-26-25(38(26)27)14-7-8-15-30-36-37-32(42-30)35-29(40)17-22-10-5-4-6-11-22/h4-6,9-13,16,19-21H,7-8,14-15,17-18H2,1-3H3,(H,33,41)(H,34,39)(H,35,37,40). The zero-order valence-electron chi connectivity index (χ0n) is 24.1. The van der Waals surface area contributed by atoms with Crippen LogP contribution in [0, 0.1) is 5.92 Å². The van der Waals surface area contributed by atoms with Gasteiger partial charge in [0.1, 0.15) is 10.8 Å². The van der Waals surface area contributed by atoms with E-state index in [1.807, 2.05) is 81.4 Å². The van der Waals surface area contributed by atoms with Gasteiger partial charge in [-0.25, -0.2) is 0 Å². The van der Waals surface area contributed by atoms with Gasteiger partial charge in [-0.15, -0.1) is 10.2 Å². The Morgan fingerprint density at radius 3 is 2.33 bits per heavy atom. The molecule has 218 valence electrons. The molecule has 2 aromatic carbocycles. The number of hydrogen-bond donors (Lipinski definition) is 3. The van der Waals surface area contributed by atoms with Crippen LogP contribution in [0.25, 0.3) is 5.69 Å². The van der Waals surface area contributed by atoms with E-state index >= 15 is 0 Å². The number of amides is 3. The second-order valence-electron chi connectivity index (χ2n) is 11.0. The Labute approximate surface area is 249 Å². The number of fused-ring (bicyclic) bond motifs is 1. The van der Waals surface area contributed by atoms with E-state index in [0.29, 0.717) is 11.6 Å². The predicted molar refractivity (Wildman–Crippen MR) is 165 cm³/mol. The average molecular weight is 585 g/mol. The number of nitrogens with one attached hydrogen (secondary N) is 3. The van der Waals surface area contributed by atoms with Gasteiger partial charge in [-0.3, -0.25) is 19.0 Å². The lowest BCUT2D eigenvalue weighted by Gasteiger charge is -2.17. The highest BCUT2D eigenvalue weighted by Gasteiger charge is 2.30. The summed E-state index contributed by atoms with van der Waals surface area (Å²) in [7, 11) is 0. The molecule has 0 saturated heterocycles. The molecule has 5 rings (SSSR count). The topological polar surface area (TPSA) is 118 Å². The minimum Gasteiger partial charge on any atom is -0.349 e. The van der Waals surface area contributed by atoms with Gasteiger partial charge in [-0.1, -0.05) is 79.8 Å². The lowest BCUT2D eigenvalue weighted by atomic mass is 10.0. The number of anilines is 2. The highest BCUT2D eigenvalue weighted by Crippen LogP contribution is 2.41. The summed E-state index contributed by atoms with van der Waals surface area (Å²) in [6.07, 6.45) is 4.29. The van der Waals surface area contributed by atoms with Gasteiger partial charge in [0.15, 0.2) is 0 Å². The van der Waals surface area contributed by atoms with E-state index in [1.165, 1.54) is 22.7 Å². The molecule has 10 heteroatoms. The maximum Gasteiger partial charge on any atom is 0.230 e. The number of benzene rings is 2. The Bertz CT molecular complexity index is 1580. The highest BCUT2D eigenvalue weighted by atomic mass is 32.1. The van der Waals surface area contributed by atoms with Crippen molar-refractivity contribution < 1.29 is 14.4 Å². The Morgan fingerprint density at radius 2 is 1.55 bits per heavy atom. The van der Waals surface area contributed by atoms with Crippen LogP contribution in [0.4, 0.5) is 10.9 Å². The van der Waals surface area contributed by atoms with Crippen LogP contribution in [0.15, 0.2) is 60.7 Å². The second-order valence-corrected chi connectivity index (χ2v) is 12.0. The molecule has 3 amide bonds. The Kier molecular flexibility index (Phi) is 9.12. The first kappa shape index (κ1) is 29.2. The molecule has 0 spiro atoms. The maximum absolute atomic E-state index is 12.7. The van der Waals surface area contributed by atoms with Gasteiger partial charge in [0.05, 0.1) is 24.6 Å². The molecule has 3 heterocycles. The first-order valence-electron chi connectivity index (χ1n) is 14.4. The van der Waals surface area contributed by atoms with Crippen molar-refractivity contribution in [1.29, 1.82) is 0 Å². The van der Waals surface area contributed by atoms with E-state index in [0.717, 1.165) is 53.2 Å². The van der Waals surface area contributed by atoms with E-state index in [2.05, 4.69) is 30.7 Å². The summed E-state index contributed by atoms with van der Waals surface area (Å²) < 4.78 is 2.10. The zero-order chi connectivity index (χ0) is 29.6. The molecule has 9 nitrogen and oxygen atoms in total. The third kappa shape index (κ3) is 7.50. The van der Waals surface area contributed by atoms with Gasteiger partial charge in [-0.05, 0) is 42.9 Å². The lowest BCUT2D eigenvalue weighted by molar-refractivity contribution is -0.124. The molecule has 2 aliphatic heterocycles. The summed E-state index contributed by atoms with van der Waals surface area (Å²) in [6, 6.07) is 19.3. The molecule has 0 saturated carbocycles. The molecular formula is C32H36N6O3S. The van der Waals surface area contributed by atoms with Crippen LogP contribution in [0.3, 0.4) is 0 Å². The third-order valence-corrected chi connectivity index (χ3v) is 8.11. The van der Waals surface area contributed by atoms with Crippen LogP contribution >= 0.6 is 11.3 Å². The fourth-order valence-corrected chi connectivity index (χ4v) is 5.62. The van der Waals surface area contributed by atoms with Crippen molar-refractivity contribution in [2.24, 2.45) is 5.92 Å². The number of hydrogen-bond acceptors (Lipinski definition) is 6. The molecule has 3 aromatic rings. The van der Waals surface area contributed by atoms with Crippen LogP contribution in [-0.2, 0) is 40.1 Å². The van der Waals surface area contributed by atoms with E-state index in [-0.39, 0.29) is 36.1 Å². The van der Waals surface area contributed by atoms with Crippen molar-refractivity contribution in [2.75, 3.05) is 10.6 Å². The molecule has 1 atom stereocenters. The van der Waals surface area contributed by atoms with Gasteiger partial charge in [0, 0.05) is 24.1 Å². The third-order valence-electron chi connectivity index (χ3n) is 7.21. The van der Waals surface area contributed by atoms with Crippen molar-refractivity contribution in [1.82, 2.24) is 20.1 Å². The number of carbonyl (C=O) groups is 3. The largest absolute Gasteiger partial charge is 0.349 e. The number of aromatic nitrogens is 3. The molecule has 42 heavy (non-hydrogen) atoms. The number of rotatable bonds is 14. The number of aryl methyl sites for hydroxylation is 2. The Hall–Kier alpha value is -4.31. The minimum atomic E-state index is -0.121. The Morgan fingerprint density at radius 1 is 0.833 bits per heavy atom. The monoisotopic (exact) mass is 584 g/mol. The van der Waals surface area contributed by atoms with Crippen LogP contribution < -0.4 is 16.0 Å². The molecule has 0 fully saturated rings. The summed E-state index contributed by atoms with van der Waals surface area (Å²) in [5.74, 6) is 0.604. The van der Waals surface area contributed by atoms with Crippen molar-refractivity contribution >= 4 is 40.0 Å². The molecule has 1 unspecified atom stereocenters. The first-order chi connectivity index (χ1) is 20.3. The number of carbonyl (C=O) groups excluding carboxylic acids is 3. The van der Waals surface area contributed by atoms with Gasteiger partial charge in [-0.2, -0.15) is 0 Å². The van der Waals surface area contributed by atoms with Crippen molar-refractivity contribution in [3.8, 4) is 5.69 Å². The number of nitrogens with zero attached hydrogens (tertiary/aromatic N) is 3. The van der Waals surface area contributed by atoms with E-state index in [1.54, 1.807) is 0 Å². The molecule has 1 aromatic heterocycles.